The average Bonchev–Trinajstić information content (AvgIpc) is 3.60. The van der Waals surface area contributed by atoms with Crippen LogP contribution in [0.4, 0.5) is 0 Å². The number of aromatic nitrogens is 2. The van der Waals surface area contributed by atoms with Gasteiger partial charge in [-0.15, -0.1) is 0 Å². The number of nitrogens with zero attached hydrogens (tertiary/aromatic N) is 2. The molecule has 0 bridgehead atoms. The van der Waals surface area contributed by atoms with E-state index in [1.165, 1.54) is 82.7 Å². The van der Waals surface area contributed by atoms with Crippen LogP contribution in [0.1, 0.15) is 25.0 Å². The van der Waals surface area contributed by atoms with Gasteiger partial charge in [-0.2, -0.15) is 0 Å². The van der Waals surface area contributed by atoms with Crippen molar-refractivity contribution in [1.82, 2.24) is 9.13 Å². The number of rotatable bonds is 2. The Bertz CT molecular complexity index is 2400. The van der Waals surface area contributed by atoms with Crippen molar-refractivity contribution in [3.05, 3.63) is 139 Å². The number of hydrogen-bond acceptors (Lipinski definition) is 0. The van der Waals surface area contributed by atoms with Gasteiger partial charge in [-0.3, -0.25) is 0 Å². The molecule has 0 N–H and O–H groups in total. The molecular weight excluding hydrogens is 508 g/mol. The van der Waals surface area contributed by atoms with Gasteiger partial charge in [0.1, 0.15) is 0 Å². The van der Waals surface area contributed by atoms with Crippen molar-refractivity contribution in [2.75, 3.05) is 0 Å². The summed E-state index contributed by atoms with van der Waals surface area (Å²) in [5.74, 6) is 0. The summed E-state index contributed by atoms with van der Waals surface area (Å²) in [5.41, 5.74) is 14.3. The largest absolute Gasteiger partial charge is 0.344 e. The maximum atomic E-state index is 2.46. The third-order valence-electron chi connectivity index (χ3n) is 9.75. The third kappa shape index (κ3) is 2.99. The maximum Gasteiger partial charge on any atom is 0.0562 e. The molecule has 9 rings (SSSR count). The van der Waals surface area contributed by atoms with Crippen molar-refractivity contribution in [3.63, 3.8) is 0 Å². The molecule has 0 spiro atoms. The Kier molecular flexibility index (Phi) is 4.63. The average molecular weight is 539 g/mol. The van der Waals surface area contributed by atoms with Crippen molar-refractivity contribution in [1.29, 1.82) is 0 Å². The van der Waals surface area contributed by atoms with E-state index in [4.69, 9.17) is 0 Å². The Hall–Kier alpha value is -5.08. The smallest absolute Gasteiger partial charge is 0.0562 e. The zero-order chi connectivity index (χ0) is 28.2. The molecule has 1 aliphatic rings. The summed E-state index contributed by atoms with van der Waals surface area (Å²) in [6.45, 7) is 4.68. The Morgan fingerprint density at radius 3 is 2.00 bits per heavy atom. The van der Waals surface area contributed by atoms with Crippen LogP contribution in [0.2, 0.25) is 0 Å². The second kappa shape index (κ2) is 8.24. The first-order chi connectivity index (χ1) is 20.5. The quantitative estimate of drug-likeness (QED) is 0.207. The van der Waals surface area contributed by atoms with Crippen LogP contribution in [0.3, 0.4) is 0 Å². The Balaban J connectivity index is 1.29. The van der Waals surface area contributed by atoms with Gasteiger partial charge in [-0.1, -0.05) is 98.8 Å². The second-order valence-corrected chi connectivity index (χ2v) is 12.3. The first-order valence-corrected chi connectivity index (χ1v) is 14.8. The number of hydrogen-bond donors (Lipinski definition) is 0. The molecule has 6 aromatic carbocycles. The van der Waals surface area contributed by atoms with Gasteiger partial charge in [0, 0.05) is 39.5 Å². The van der Waals surface area contributed by atoms with Crippen molar-refractivity contribution < 1.29 is 0 Å². The van der Waals surface area contributed by atoms with E-state index in [1.54, 1.807) is 0 Å². The lowest BCUT2D eigenvalue weighted by Gasteiger charge is -2.21. The van der Waals surface area contributed by atoms with E-state index < -0.39 is 0 Å². The molecule has 42 heavy (non-hydrogen) atoms. The molecule has 2 nitrogen and oxygen atoms in total. The van der Waals surface area contributed by atoms with Gasteiger partial charge in [-0.05, 0) is 75.8 Å². The van der Waals surface area contributed by atoms with E-state index in [9.17, 15) is 0 Å². The molecule has 2 aromatic heterocycles. The van der Waals surface area contributed by atoms with Crippen LogP contribution in [0, 0.1) is 0 Å². The molecule has 0 saturated carbocycles. The first kappa shape index (κ1) is 23.6. The summed E-state index contributed by atoms with van der Waals surface area (Å²) in [7, 11) is 2.17. The van der Waals surface area contributed by atoms with Crippen LogP contribution < -0.4 is 0 Å². The van der Waals surface area contributed by atoms with Gasteiger partial charge in [-0.25, -0.2) is 0 Å². The van der Waals surface area contributed by atoms with E-state index in [2.05, 4.69) is 157 Å². The molecule has 0 atom stereocenters. The molecule has 8 aromatic rings. The maximum absolute atomic E-state index is 2.46. The van der Waals surface area contributed by atoms with Crippen LogP contribution in [0.15, 0.2) is 127 Å². The van der Waals surface area contributed by atoms with Gasteiger partial charge >= 0.3 is 0 Å². The zero-order valence-electron chi connectivity index (χ0n) is 24.0. The highest BCUT2D eigenvalue weighted by Crippen LogP contribution is 2.49. The van der Waals surface area contributed by atoms with Crippen LogP contribution in [-0.2, 0) is 12.5 Å². The van der Waals surface area contributed by atoms with Gasteiger partial charge in [0.05, 0.1) is 22.2 Å². The van der Waals surface area contributed by atoms with E-state index in [1.807, 2.05) is 0 Å². The van der Waals surface area contributed by atoms with E-state index in [0.29, 0.717) is 0 Å². The highest BCUT2D eigenvalue weighted by molar-refractivity contribution is 6.16. The second-order valence-electron chi connectivity index (χ2n) is 12.3. The third-order valence-corrected chi connectivity index (χ3v) is 9.75. The normalized spacial score (nSPS) is 13.8. The fraction of sp³-hybridized carbons (Fsp3) is 0.100. The van der Waals surface area contributed by atoms with Crippen molar-refractivity contribution in [2.45, 2.75) is 19.3 Å². The minimum absolute atomic E-state index is 0.0183. The van der Waals surface area contributed by atoms with Crippen molar-refractivity contribution in [2.24, 2.45) is 7.05 Å². The van der Waals surface area contributed by atoms with Crippen LogP contribution >= 0.6 is 0 Å². The molecule has 0 radical (unpaired) electrons. The Labute approximate surface area is 245 Å². The molecule has 0 amide bonds. The fourth-order valence-corrected chi connectivity index (χ4v) is 7.69. The first-order valence-electron chi connectivity index (χ1n) is 14.8. The number of benzene rings is 6. The summed E-state index contributed by atoms with van der Waals surface area (Å²) < 4.78 is 4.78. The highest BCUT2D eigenvalue weighted by Gasteiger charge is 2.35. The van der Waals surface area contributed by atoms with Gasteiger partial charge in [0.15, 0.2) is 0 Å². The van der Waals surface area contributed by atoms with Crippen LogP contribution in [-0.4, -0.2) is 9.13 Å². The summed E-state index contributed by atoms with van der Waals surface area (Å²) in [4.78, 5) is 0. The fourth-order valence-electron chi connectivity index (χ4n) is 7.69. The summed E-state index contributed by atoms with van der Waals surface area (Å²) in [5, 5.41) is 5.14. The summed E-state index contributed by atoms with van der Waals surface area (Å²) in [6.07, 6.45) is 0. The standard InChI is InChI=1S/C40H30N2/c1-40(2)32-14-7-4-11-27(32)30-23-25(19-21-33(30)40)26-20-22-36-31(24-26)28-12-5-9-16-35(28)42(36)38-18-10-17-37-39(38)29-13-6-8-15-34(29)41(37)3/h4-24H,1-3H3. The lowest BCUT2D eigenvalue weighted by atomic mass is 9.82. The monoisotopic (exact) mass is 538 g/mol. The molecule has 2 heteroatoms. The van der Waals surface area contributed by atoms with Gasteiger partial charge in [0.2, 0.25) is 0 Å². The molecule has 0 saturated heterocycles. The minimum Gasteiger partial charge on any atom is -0.344 e. The molecule has 2 heterocycles. The predicted octanol–water partition coefficient (Wildman–Crippen LogP) is 10.4. The highest BCUT2D eigenvalue weighted by atomic mass is 15.0. The van der Waals surface area contributed by atoms with E-state index in [-0.39, 0.29) is 5.41 Å². The number of fused-ring (bicyclic) bond motifs is 9. The minimum atomic E-state index is 0.0183. The zero-order valence-corrected chi connectivity index (χ0v) is 24.0. The SMILES string of the molecule is Cn1c2ccccc2c2c(-n3c4ccccc4c4cc(-c5ccc6c(c5)-c5ccccc5C6(C)C)ccc43)cccc21. The van der Waals surface area contributed by atoms with Crippen molar-refractivity contribution >= 4 is 43.6 Å². The number of aryl methyl sites for hydroxylation is 1. The Morgan fingerprint density at radius 2 is 1.12 bits per heavy atom. The topological polar surface area (TPSA) is 9.86 Å². The lowest BCUT2D eigenvalue weighted by molar-refractivity contribution is 0.660. The Morgan fingerprint density at radius 1 is 0.476 bits per heavy atom. The van der Waals surface area contributed by atoms with Gasteiger partial charge in [0.25, 0.3) is 0 Å². The van der Waals surface area contributed by atoms with E-state index in [0.717, 1.165) is 0 Å². The van der Waals surface area contributed by atoms with Crippen molar-refractivity contribution in [3.8, 4) is 27.9 Å². The predicted molar refractivity (Wildman–Crippen MR) is 178 cm³/mol. The van der Waals surface area contributed by atoms with Crippen LogP contribution in [0.25, 0.3) is 71.6 Å². The molecule has 1 aliphatic carbocycles. The summed E-state index contributed by atoms with van der Waals surface area (Å²) in [6, 6.07) is 47.2. The molecular formula is C40H30N2. The van der Waals surface area contributed by atoms with Gasteiger partial charge < -0.3 is 9.13 Å². The molecule has 0 unspecified atom stereocenters. The molecule has 200 valence electrons. The summed E-state index contributed by atoms with van der Waals surface area (Å²) >= 11 is 0. The lowest BCUT2D eigenvalue weighted by Crippen LogP contribution is -2.14. The number of para-hydroxylation sites is 2. The molecule has 0 aliphatic heterocycles. The van der Waals surface area contributed by atoms with E-state index >= 15 is 0 Å². The molecule has 0 fully saturated rings. The van der Waals surface area contributed by atoms with Crippen LogP contribution in [0.5, 0.6) is 0 Å².